The highest BCUT2D eigenvalue weighted by Gasteiger charge is 2.22. The van der Waals surface area contributed by atoms with E-state index in [9.17, 15) is 9.90 Å². The van der Waals surface area contributed by atoms with E-state index in [2.05, 4.69) is 12.2 Å². The Morgan fingerprint density at radius 1 is 1.27 bits per heavy atom. The van der Waals surface area contributed by atoms with E-state index in [0.29, 0.717) is 11.8 Å². The Bertz CT molecular complexity index is 457. The standard InChI is InChI=1S/C18H27NO2S/c1-13-8-10-16(11-9-13)19-18(21)14(2)22-12-17(20)15-6-4-3-5-7-15/h3-7,13-14,16-17,20H,8-12H2,1-2H3,(H,19,21). The van der Waals surface area contributed by atoms with E-state index in [1.807, 2.05) is 37.3 Å². The minimum Gasteiger partial charge on any atom is -0.388 e. The van der Waals surface area contributed by atoms with Gasteiger partial charge in [0.05, 0.1) is 11.4 Å². The molecular formula is C18H27NO2S. The van der Waals surface area contributed by atoms with Gasteiger partial charge in [-0.15, -0.1) is 11.8 Å². The molecule has 1 fully saturated rings. The van der Waals surface area contributed by atoms with Crippen molar-refractivity contribution in [3.8, 4) is 0 Å². The van der Waals surface area contributed by atoms with Crippen LogP contribution < -0.4 is 5.32 Å². The molecule has 1 aliphatic rings. The maximum absolute atomic E-state index is 12.2. The van der Waals surface area contributed by atoms with Crippen LogP contribution in [0, 0.1) is 5.92 Å². The summed E-state index contributed by atoms with van der Waals surface area (Å²) in [4.78, 5) is 12.2. The molecule has 0 saturated heterocycles. The smallest absolute Gasteiger partial charge is 0.233 e. The molecule has 2 atom stereocenters. The molecule has 1 aromatic rings. The van der Waals surface area contributed by atoms with E-state index < -0.39 is 6.10 Å². The number of benzene rings is 1. The van der Waals surface area contributed by atoms with Crippen LogP contribution in [0.5, 0.6) is 0 Å². The van der Waals surface area contributed by atoms with Gasteiger partial charge < -0.3 is 10.4 Å². The fraction of sp³-hybridized carbons (Fsp3) is 0.611. The second-order valence-electron chi connectivity index (χ2n) is 6.37. The average Bonchev–Trinajstić information content (AvgIpc) is 2.55. The Kier molecular flexibility index (Phi) is 6.77. The molecule has 22 heavy (non-hydrogen) atoms. The van der Waals surface area contributed by atoms with E-state index in [1.165, 1.54) is 24.6 Å². The highest BCUT2D eigenvalue weighted by Crippen LogP contribution is 2.25. The van der Waals surface area contributed by atoms with Gasteiger partial charge in [0.25, 0.3) is 0 Å². The van der Waals surface area contributed by atoms with Crippen molar-refractivity contribution in [3.63, 3.8) is 0 Å². The SMILES string of the molecule is CC1CCC(NC(=O)C(C)SCC(O)c2ccccc2)CC1. The van der Waals surface area contributed by atoms with E-state index in [1.54, 1.807) is 0 Å². The molecule has 0 heterocycles. The van der Waals surface area contributed by atoms with Crippen LogP contribution in [0.1, 0.15) is 51.2 Å². The van der Waals surface area contributed by atoms with Crippen molar-refractivity contribution in [2.75, 3.05) is 5.75 Å². The van der Waals surface area contributed by atoms with Gasteiger partial charge in [-0.25, -0.2) is 0 Å². The van der Waals surface area contributed by atoms with Gasteiger partial charge in [-0.05, 0) is 44.1 Å². The van der Waals surface area contributed by atoms with Crippen LogP contribution in [0.3, 0.4) is 0 Å². The number of thioether (sulfide) groups is 1. The first-order valence-corrected chi connectivity index (χ1v) is 9.26. The Morgan fingerprint density at radius 2 is 1.91 bits per heavy atom. The van der Waals surface area contributed by atoms with Gasteiger partial charge in [-0.1, -0.05) is 37.3 Å². The monoisotopic (exact) mass is 321 g/mol. The third-order valence-electron chi connectivity index (χ3n) is 4.42. The number of carbonyl (C=O) groups is 1. The minimum absolute atomic E-state index is 0.102. The first-order valence-electron chi connectivity index (χ1n) is 8.21. The predicted molar refractivity (Wildman–Crippen MR) is 92.9 cm³/mol. The molecule has 0 radical (unpaired) electrons. The molecule has 1 amide bonds. The number of amides is 1. The molecule has 0 bridgehead atoms. The van der Waals surface area contributed by atoms with Gasteiger partial charge in [0.2, 0.25) is 5.91 Å². The zero-order chi connectivity index (χ0) is 15.9. The lowest BCUT2D eigenvalue weighted by Crippen LogP contribution is -2.41. The van der Waals surface area contributed by atoms with Gasteiger partial charge in [-0.2, -0.15) is 0 Å². The molecule has 2 N–H and O–H groups in total. The Labute approximate surface area is 137 Å². The molecule has 3 nitrogen and oxygen atoms in total. The van der Waals surface area contributed by atoms with E-state index >= 15 is 0 Å². The fourth-order valence-electron chi connectivity index (χ4n) is 2.81. The Balaban J connectivity index is 1.72. The van der Waals surface area contributed by atoms with Crippen molar-refractivity contribution in [3.05, 3.63) is 35.9 Å². The minimum atomic E-state index is -0.517. The molecule has 1 saturated carbocycles. The van der Waals surface area contributed by atoms with Crippen molar-refractivity contribution >= 4 is 17.7 Å². The van der Waals surface area contributed by atoms with Gasteiger partial charge in [0.15, 0.2) is 0 Å². The summed E-state index contributed by atoms with van der Waals surface area (Å²) in [6, 6.07) is 9.95. The van der Waals surface area contributed by atoms with Gasteiger partial charge in [-0.3, -0.25) is 4.79 Å². The van der Waals surface area contributed by atoms with Gasteiger partial charge in [0, 0.05) is 11.8 Å². The Morgan fingerprint density at radius 3 is 2.55 bits per heavy atom. The maximum atomic E-state index is 12.2. The molecule has 2 unspecified atom stereocenters. The number of aliphatic hydroxyl groups is 1. The van der Waals surface area contributed by atoms with Crippen molar-refractivity contribution in [2.24, 2.45) is 5.92 Å². The highest BCUT2D eigenvalue weighted by molar-refractivity contribution is 8.00. The molecule has 1 aliphatic carbocycles. The molecule has 0 aromatic heterocycles. The zero-order valence-electron chi connectivity index (χ0n) is 13.5. The predicted octanol–water partition coefficient (Wildman–Crippen LogP) is 3.54. The van der Waals surface area contributed by atoms with E-state index in [0.717, 1.165) is 24.3 Å². The van der Waals surface area contributed by atoms with Gasteiger partial charge >= 0.3 is 0 Å². The molecule has 1 aromatic carbocycles. The number of nitrogens with one attached hydrogen (secondary N) is 1. The highest BCUT2D eigenvalue weighted by atomic mass is 32.2. The fourth-order valence-corrected chi connectivity index (χ4v) is 3.69. The van der Waals surface area contributed by atoms with Crippen molar-refractivity contribution in [2.45, 2.75) is 56.9 Å². The largest absolute Gasteiger partial charge is 0.388 e. The third-order valence-corrected chi connectivity index (χ3v) is 5.64. The summed E-state index contributed by atoms with van der Waals surface area (Å²) in [6.45, 7) is 4.20. The van der Waals surface area contributed by atoms with Crippen LogP contribution in [0.2, 0.25) is 0 Å². The van der Waals surface area contributed by atoms with Crippen LogP contribution in [0.25, 0.3) is 0 Å². The quantitative estimate of drug-likeness (QED) is 0.842. The van der Waals surface area contributed by atoms with Crippen LogP contribution in [0.4, 0.5) is 0 Å². The summed E-state index contributed by atoms with van der Waals surface area (Å²) >= 11 is 1.51. The summed E-state index contributed by atoms with van der Waals surface area (Å²) in [6.07, 6.45) is 4.09. The lowest BCUT2D eigenvalue weighted by Gasteiger charge is -2.28. The number of aliphatic hydroxyl groups excluding tert-OH is 1. The lowest BCUT2D eigenvalue weighted by molar-refractivity contribution is -0.121. The molecular weight excluding hydrogens is 294 g/mol. The molecule has 0 spiro atoms. The summed E-state index contributed by atoms with van der Waals surface area (Å²) in [5, 5.41) is 13.2. The number of carbonyl (C=O) groups excluding carboxylic acids is 1. The van der Waals surface area contributed by atoms with Crippen molar-refractivity contribution < 1.29 is 9.90 Å². The maximum Gasteiger partial charge on any atom is 0.233 e. The van der Waals surface area contributed by atoms with Gasteiger partial charge in [0.1, 0.15) is 0 Å². The van der Waals surface area contributed by atoms with Crippen LogP contribution in [-0.2, 0) is 4.79 Å². The van der Waals surface area contributed by atoms with E-state index in [-0.39, 0.29) is 11.2 Å². The number of hydrogen-bond donors (Lipinski definition) is 2. The summed E-state index contributed by atoms with van der Waals surface area (Å²) in [5.74, 6) is 1.44. The Hall–Kier alpha value is -1.00. The van der Waals surface area contributed by atoms with Crippen LogP contribution >= 0.6 is 11.8 Å². The topological polar surface area (TPSA) is 49.3 Å². The normalized spacial score (nSPS) is 24.5. The van der Waals surface area contributed by atoms with Crippen LogP contribution in [0.15, 0.2) is 30.3 Å². The molecule has 0 aliphatic heterocycles. The molecule has 4 heteroatoms. The summed E-state index contributed by atoms with van der Waals surface area (Å²) in [7, 11) is 0. The van der Waals surface area contributed by atoms with Crippen molar-refractivity contribution in [1.29, 1.82) is 0 Å². The second kappa shape index (κ2) is 8.59. The first-order chi connectivity index (χ1) is 10.6. The summed E-state index contributed by atoms with van der Waals surface area (Å²) < 4.78 is 0. The zero-order valence-corrected chi connectivity index (χ0v) is 14.3. The molecule has 2 rings (SSSR count). The lowest BCUT2D eigenvalue weighted by atomic mass is 9.87. The van der Waals surface area contributed by atoms with Crippen LogP contribution in [-0.4, -0.2) is 28.1 Å². The molecule has 122 valence electrons. The number of hydrogen-bond acceptors (Lipinski definition) is 3. The first kappa shape index (κ1) is 17.4. The van der Waals surface area contributed by atoms with E-state index in [4.69, 9.17) is 0 Å². The summed E-state index contributed by atoms with van der Waals surface area (Å²) in [5.41, 5.74) is 0.906. The average molecular weight is 321 g/mol. The third kappa shape index (κ3) is 5.33. The van der Waals surface area contributed by atoms with Crippen molar-refractivity contribution in [1.82, 2.24) is 5.32 Å². The second-order valence-corrected chi connectivity index (χ2v) is 7.74. The number of rotatable bonds is 6.